The molecule has 68 heavy (non-hydrogen) atoms. The quantitative estimate of drug-likeness (QED) is 0.161. The molecule has 0 heterocycles. The maximum Gasteiger partial charge on any atom is 0.0726 e. The predicted molar refractivity (Wildman–Crippen MR) is 289 cm³/mol. The van der Waals surface area contributed by atoms with Gasteiger partial charge in [-0.3, -0.25) is 0 Å². The fourth-order valence-electron chi connectivity index (χ4n) is 11.6. The number of hydrogen-bond donors (Lipinski definition) is 0. The van der Waals surface area contributed by atoms with Gasteiger partial charge in [-0.15, -0.1) is 0 Å². The van der Waals surface area contributed by atoms with Crippen LogP contribution in [0.3, 0.4) is 0 Å². The highest BCUT2D eigenvalue weighted by Gasteiger charge is 2.53. The molecule has 0 N–H and O–H groups in total. The Morgan fingerprint density at radius 1 is 0.324 bits per heavy atom. The zero-order valence-electron chi connectivity index (χ0n) is 39.8. The molecule has 0 saturated heterocycles. The monoisotopic (exact) mass is 873 g/mol. The van der Waals surface area contributed by atoms with Gasteiger partial charge < -0.3 is 4.90 Å². The Hall–Kier alpha value is -7.74. The Kier molecular flexibility index (Phi) is 9.61. The summed E-state index contributed by atoms with van der Waals surface area (Å²) in [5.74, 6) is 0. The standard InChI is InChI=1S/C67H55N/c1-65(2,3)47-34-38-55-56-39-37-49(43-62(56)67(61(55)42-47)58-28-17-15-27-57(58)64-59(66(4,5)6)29-19-30-60(64)67)68(63-31-18-16-24-52(63)45-22-11-8-12-23-45)48-35-32-46(33-36-48)51-41-40-50(44-20-9-7-10-21-44)53-25-13-14-26-54(51)53/h7-43H,1-6H3. The van der Waals surface area contributed by atoms with Crippen molar-refractivity contribution in [2.75, 3.05) is 4.90 Å². The summed E-state index contributed by atoms with van der Waals surface area (Å²) < 4.78 is 0. The van der Waals surface area contributed by atoms with Gasteiger partial charge in [0.2, 0.25) is 0 Å². The van der Waals surface area contributed by atoms with E-state index in [1.807, 2.05) is 0 Å². The van der Waals surface area contributed by atoms with Crippen molar-refractivity contribution in [2.24, 2.45) is 0 Å². The molecule has 0 fully saturated rings. The van der Waals surface area contributed by atoms with Gasteiger partial charge in [0.25, 0.3) is 0 Å². The van der Waals surface area contributed by atoms with Crippen molar-refractivity contribution in [3.8, 4) is 55.6 Å². The average Bonchev–Trinajstić information content (AvgIpc) is 3.83. The van der Waals surface area contributed by atoms with Crippen LogP contribution in [0.25, 0.3) is 66.4 Å². The van der Waals surface area contributed by atoms with Crippen LogP contribution in [0.2, 0.25) is 0 Å². The molecule has 0 saturated carbocycles. The summed E-state index contributed by atoms with van der Waals surface area (Å²) in [6, 6.07) is 84.1. The van der Waals surface area contributed by atoms with Crippen molar-refractivity contribution in [3.63, 3.8) is 0 Å². The van der Waals surface area contributed by atoms with Crippen molar-refractivity contribution in [1.29, 1.82) is 0 Å². The van der Waals surface area contributed by atoms with Crippen molar-refractivity contribution in [2.45, 2.75) is 57.8 Å². The SMILES string of the molecule is CC(C)(C)c1ccc2c(c1)C1(c3cc(N(c4ccc(-c5ccc(-c6ccccc6)c6ccccc56)cc4)c4ccccc4-c4ccccc4)ccc3-2)c2ccccc2-c2c(C(C)(C)C)cccc21. The molecule has 1 spiro atoms. The van der Waals surface area contributed by atoms with E-state index >= 15 is 0 Å². The summed E-state index contributed by atoms with van der Waals surface area (Å²) in [6.45, 7) is 14.1. The Bertz CT molecular complexity index is 3560. The summed E-state index contributed by atoms with van der Waals surface area (Å²) in [6.07, 6.45) is 0. The summed E-state index contributed by atoms with van der Waals surface area (Å²) in [5, 5.41) is 2.50. The number of benzene rings is 10. The number of anilines is 3. The van der Waals surface area contributed by atoms with E-state index in [0.29, 0.717) is 0 Å². The second-order valence-electron chi connectivity index (χ2n) is 20.9. The zero-order valence-corrected chi connectivity index (χ0v) is 39.8. The molecule has 10 aromatic rings. The van der Waals surface area contributed by atoms with Crippen LogP contribution >= 0.6 is 0 Å². The second-order valence-corrected chi connectivity index (χ2v) is 20.9. The molecule has 2 aliphatic carbocycles. The van der Waals surface area contributed by atoms with Crippen LogP contribution in [0, 0.1) is 0 Å². The van der Waals surface area contributed by atoms with Gasteiger partial charge in [0, 0.05) is 16.9 Å². The average molecular weight is 874 g/mol. The van der Waals surface area contributed by atoms with Crippen molar-refractivity contribution < 1.29 is 0 Å². The smallest absolute Gasteiger partial charge is 0.0726 e. The third-order valence-electron chi connectivity index (χ3n) is 14.8. The lowest BCUT2D eigenvalue weighted by Gasteiger charge is -2.34. The first-order chi connectivity index (χ1) is 33.0. The number of fused-ring (bicyclic) bond motifs is 11. The Balaban J connectivity index is 1.09. The number of rotatable bonds is 6. The van der Waals surface area contributed by atoms with E-state index in [4.69, 9.17) is 0 Å². The van der Waals surface area contributed by atoms with Crippen molar-refractivity contribution >= 4 is 27.8 Å². The Labute approximate surface area is 402 Å². The Morgan fingerprint density at radius 3 is 1.47 bits per heavy atom. The van der Waals surface area contributed by atoms with Crippen LogP contribution in [0.15, 0.2) is 224 Å². The lowest BCUT2D eigenvalue weighted by atomic mass is 9.69. The summed E-state index contributed by atoms with van der Waals surface area (Å²) in [4.78, 5) is 2.49. The van der Waals surface area contributed by atoms with E-state index in [2.05, 4.69) is 271 Å². The van der Waals surface area contributed by atoms with Crippen LogP contribution in [0.4, 0.5) is 17.1 Å². The van der Waals surface area contributed by atoms with E-state index in [1.165, 1.54) is 99.8 Å². The number of hydrogen-bond acceptors (Lipinski definition) is 1. The van der Waals surface area contributed by atoms with Crippen LogP contribution in [0.5, 0.6) is 0 Å². The first kappa shape index (κ1) is 41.7. The van der Waals surface area contributed by atoms with Gasteiger partial charge in [-0.25, -0.2) is 0 Å². The first-order valence-electron chi connectivity index (χ1n) is 24.2. The topological polar surface area (TPSA) is 3.24 Å². The molecule has 2 aliphatic rings. The van der Waals surface area contributed by atoms with E-state index in [9.17, 15) is 0 Å². The largest absolute Gasteiger partial charge is 0.310 e. The minimum Gasteiger partial charge on any atom is -0.310 e. The summed E-state index contributed by atoms with van der Waals surface area (Å²) >= 11 is 0. The highest BCUT2D eigenvalue weighted by atomic mass is 15.1. The van der Waals surface area contributed by atoms with Gasteiger partial charge in [0.15, 0.2) is 0 Å². The summed E-state index contributed by atoms with van der Waals surface area (Å²) in [5.41, 5.74) is 23.5. The molecule has 0 amide bonds. The van der Waals surface area contributed by atoms with Gasteiger partial charge in [-0.1, -0.05) is 236 Å². The maximum absolute atomic E-state index is 2.54. The lowest BCUT2D eigenvalue weighted by molar-refractivity contribution is 0.588. The minimum absolute atomic E-state index is 0.0231. The van der Waals surface area contributed by atoms with Crippen LogP contribution in [-0.4, -0.2) is 0 Å². The molecular formula is C67H55N. The molecule has 12 rings (SSSR count). The predicted octanol–water partition coefficient (Wildman–Crippen LogP) is 18.2. The fraction of sp³-hybridized carbons (Fsp3) is 0.134. The zero-order chi connectivity index (χ0) is 46.4. The molecule has 1 atom stereocenters. The van der Waals surface area contributed by atoms with Gasteiger partial charge in [-0.2, -0.15) is 0 Å². The van der Waals surface area contributed by atoms with Crippen molar-refractivity contribution in [1.82, 2.24) is 0 Å². The van der Waals surface area contributed by atoms with E-state index in [0.717, 1.165) is 17.1 Å². The van der Waals surface area contributed by atoms with Gasteiger partial charge in [0.05, 0.1) is 11.1 Å². The summed E-state index contributed by atoms with van der Waals surface area (Å²) in [7, 11) is 0. The molecular weight excluding hydrogens is 819 g/mol. The van der Waals surface area contributed by atoms with E-state index < -0.39 is 5.41 Å². The Morgan fingerprint density at radius 2 is 0.824 bits per heavy atom. The number of para-hydroxylation sites is 1. The molecule has 10 aromatic carbocycles. The first-order valence-corrected chi connectivity index (χ1v) is 24.2. The minimum atomic E-state index is -0.517. The molecule has 0 aliphatic heterocycles. The molecule has 0 radical (unpaired) electrons. The molecule has 1 unspecified atom stereocenters. The maximum atomic E-state index is 2.54. The molecule has 1 nitrogen and oxygen atoms in total. The van der Waals surface area contributed by atoms with Crippen LogP contribution in [0.1, 0.15) is 74.9 Å². The van der Waals surface area contributed by atoms with Gasteiger partial charge in [-0.05, 0) is 135 Å². The lowest BCUT2D eigenvalue weighted by Crippen LogP contribution is -2.27. The fourth-order valence-corrected chi connectivity index (χ4v) is 11.6. The van der Waals surface area contributed by atoms with Gasteiger partial charge in [0.1, 0.15) is 0 Å². The molecule has 1 heteroatoms. The highest BCUT2D eigenvalue weighted by molar-refractivity contribution is 6.05. The number of nitrogens with zero attached hydrogens (tertiary/aromatic N) is 1. The second kappa shape index (κ2) is 15.7. The molecule has 0 aromatic heterocycles. The van der Waals surface area contributed by atoms with Crippen molar-refractivity contribution in [3.05, 3.63) is 258 Å². The van der Waals surface area contributed by atoms with E-state index in [-0.39, 0.29) is 10.8 Å². The highest BCUT2D eigenvalue weighted by Crippen LogP contribution is 2.65. The normalized spacial score (nSPS) is 14.7. The van der Waals surface area contributed by atoms with Gasteiger partial charge >= 0.3 is 0 Å². The van der Waals surface area contributed by atoms with Crippen LogP contribution in [-0.2, 0) is 16.2 Å². The third kappa shape index (κ3) is 6.44. The van der Waals surface area contributed by atoms with E-state index in [1.54, 1.807) is 0 Å². The van der Waals surface area contributed by atoms with Crippen LogP contribution < -0.4 is 4.90 Å². The third-order valence-corrected chi connectivity index (χ3v) is 14.8. The molecule has 0 bridgehead atoms. The molecule has 328 valence electrons.